The van der Waals surface area contributed by atoms with E-state index in [1.165, 1.54) is 33.5 Å². The number of benzene rings is 2. The molecule has 0 spiro atoms. The fraction of sp³-hybridized carbons (Fsp3) is 0.360. The zero-order valence-electron chi connectivity index (χ0n) is 19.8. The van der Waals surface area contributed by atoms with Gasteiger partial charge in [0.15, 0.2) is 16.9 Å². The Hall–Kier alpha value is -3.59. The number of halogens is 1. The average molecular weight is 470 g/mol. The summed E-state index contributed by atoms with van der Waals surface area (Å²) in [6, 6.07) is 6.35. The van der Waals surface area contributed by atoms with E-state index in [9.17, 15) is 14.0 Å². The molecule has 0 saturated heterocycles. The molecule has 3 aromatic rings. The van der Waals surface area contributed by atoms with Crippen LogP contribution in [0.1, 0.15) is 34.1 Å². The van der Waals surface area contributed by atoms with Gasteiger partial charge in [0, 0.05) is 6.54 Å². The van der Waals surface area contributed by atoms with Crippen molar-refractivity contribution in [1.29, 1.82) is 0 Å². The highest BCUT2D eigenvalue weighted by atomic mass is 19.1. The zero-order chi connectivity index (χ0) is 24.6. The average Bonchev–Trinajstić information content (AvgIpc) is 3.10. The van der Waals surface area contributed by atoms with Crippen molar-refractivity contribution in [3.63, 3.8) is 0 Å². The topological polar surface area (TPSA) is 81.5 Å². The quantitative estimate of drug-likeness (QED) is 0.499. The second-order valence-electron chi connectivity index (χ2n) is 8.33. The first kappa shape index (κ1) is 23.6. The molecule has 0 N–H and O–H groups in total. The van der Waals surface area contributed by atoms with Crippen molar-refractivity contribution < 1.29 is 27.8 Å². The predicted octanol–water partition coefficient (Wildman–Crippen LogP) is 3.45. The Labute approximate surface area is 196 Å². The Morgan fingerprint density at radius 2 is 1.71 bits per heavy atom. The van der Waals surface area contributed by atoms with Crippen LogP contribution in [-0.4, -0.2) is 64.2 Å². The molecule has 34 heavy (non-hydrogen) atoms. The molecule has 1 unspecified atom stereocenters. The van der Waals surface area contributed by atoms with Crippen LogP contribution in [0.15, 0.2) is 39.5 Å². The molecule has 1 amide bonds. The smallest absolute Gasteiger partial charge is 0.290 e. The van der Waals surface area contributed by atoms with Gasteiger partial charge in [0.1, 0.15) is 11.4 Å². The largest absolute Gasteiger partial charge is 0.493 e. The normalized spacial score (nSPS) is 15.2. The fourth-order valence-electron chi connectivity index (χ4n) is 4.39. The number of nitrogens with zero attached hydrogens (tertiary/aromatic N) is 2. The van der Waals surface area contributed by atoms with Gasteiger partial charge in [-0.05, 0) is 63.0 Å². The van der Waals surface area contributed by atoms with Crippen LogP contribution in [0.2, 0.25) is 0 Å². The molecule has 0 saturated carbocycles. The van der Waals surface area contributed by atoms with Crippen LogP contribution in [0, 0.1) is 5.82 Å². The molecule has 4 rings (SSSR count). The molecule has 8 nitrogen and oxygen atoms in total. The third-order valence-corrected chi connectivity index (χ3v) is 5.93. The molecular formula is C25H27FN2O6. The van der Waals surface area contributed by atoms with Crippen molar-refractivity contribution in [2.24, 2.45) is 0 Å². The molecule has 1 aliphatic heterocycles. The summed E-state index contributed by atoms with van der Waals surface area (Å²) >= 11 is 0. The maximum atomic E-state index is 14.0. The van der Waals surface area contributed by atoms with Gasteiger partial charge in [-0.25, -0.2) is 4.39 Å². The third-order valence-electron chi connectivity index (χ3n) is 5.93. The molecule has 0 radical (unpaired) electrons. The van der Waals surface area contributed by atoms with Gasteiger partial charge in [-0.2, -0.15) is 0 Å². The molecule has 180 valence electrons. The lowest BCUT2D eigenvalue weighted by molar-refractivity contribution is 0.0722. The Kier molecular flexibility index (Phi) is 6.47. The number of carbonyl (C=O) groups excluding carboxylic acids is 1. The Bertz CT molecular complexity index is 1280. The van der Waals surface area contributed by atoms with E-state index < -0.39 is 23.2 Å². The van der Waals surface area contributed by atoms with Crippen molar-refractivity contribution in [3.8, 4) is 17.2 Å². The summed E-state index contributed by atoms with van der Waals surface area (Å²) in [4.78, 5) is 30.7. The summed E-state index contributed by atoms with van der Waals surface area (Å²) in [6.07, 6.45) is 0.677. The molecular weight excluding hydrogens is 443 g/mol. The van der Waals surface area contributed by atoms with Gasteiger partial charge >= 0.3 is 0 Å². The fourth-order valence-corrected chi connectivity index (χ4v) is 4.39. The van der Waals surface area contributed by atoms with Crippen molar-refractivity contribution in [1.82, 2.24) is 9.80 Å². The summed E-state index contributed by atoms with van der Waals surface area (Å²) in [5.74, 6) is 0.189. The van der Waals surface area contributed by atoms with Gasteiger partial charge in [0.25, 0.3) is 5.91 Å². The molecule has 2 heterocycles. The van der Waals surface area contributed by atoms with E-state index in [1.807, 2.05) is 19.0 Å². The number of methoxy groups -OCH3 is 3. The second kappa shape index (κ2) is 9.34. The van der Waals surface area contributed by atoms with Crippen LogP contribution in [0.5, 0.6) is 17.2 Å². The van der Waals surface area contributed by atoms with Crippen LogP contribution in [0.4, 0.5) is 4.39 Å². The van der Waals surface area contributed by atoms with E-state index in [0.29, 0.717) is 35.8 Å². The highest BCUT2D eigenvalue weighted by Gasteiger charge is 2.43. The first-order valence-electron chi connectivity index (χ1n) is 10.8. The Morgan fingerprint density at radius 1 is 1.03 bits per heavy atom. The van der Waals surface area contributed by atoms with E-state index in [-0.39, 0.29) is 22.3 Å². The van der Waals surface area contributed by atoms with Gasteiger partial charge in [-0.1, -0.05) is 0 Å². The lowest BCUT2D eigenvalue weighted by atomic mass is 9.97. The summed E-state index contributed by atoms with van der Waals surface area (Å²) in [5, 5.41) is 0.0825. The predicted molar refractivity (Wildman–Crippen MR) is 125 cm³/mol. The minimum absolute atomic E-state index is 0.0345. The maximum absolute atomic E-state index is 14.0. The van der Waals surface area contributed by atoms with E-state index in [1.54, 1.807) is 17.0 Å². The van der Waals surface area contributed by atoms with Gasteiger partial charge < -0.3 is 28.4 Å². The molecule has 9 heteroatoms. The van der Waals surface area contributed by atoms with Crippen molar-refractivity contribution in [3.05, 3.63) is 63.3 Å². The van der Waals surface area contributed by atoms with Crippen molar-refractivity contribution >= 4 is 16.9 Å². The lowest BCUT2D eigenvalue weighted by Gasteiger charge is -2.27. The lowest BCUT2D eigenvalue weighted by Crippen LogP contribution is -2.32. The molecule has 1 atom stereocenters. The highest BCUT2D eigenvalue weighted by Crippen LogP contribution is 2.45. The minimum atomic E-state index is -0.762. The number of hydrogen-bond acceptors (Lipinski definition) is 7. The van der Waals surface area contributed by atoms with Crippen LogP contribution < -0.4 is 19.6 Å². The first-order valence-corrected chi connectivity index (χ1v) is 10.8. The zero-order valence-corrected chi connectivity index (χ0v) is 19.8. The summed E-state index contributed by atoms with van der Waals surface area (Å²) in [6.45, 7) is 1.13. The first-order chi connectivity index (χ1) is 16.3. The van der Waals surface area contributed by atoms with E-state index >= 15 is 0 Å². The van der Waals surface area contributed by atoms with Crippen molar-refractivity contribution in [2.45, 2.75) is 12.5 Å². The van der Waals surface area contributed by atoms with Gasteiger partial charge in [0.2, 0.25) is 11.5 Å². The summed E-state index contributed by atoms with van der Waals surface area (Å²) in [7, 11) is 8.38. The highest BCUT2D eigenvalue weighted by molar-refractivity contribution is 5.99. The van der Waals surface area contributed by atoms with E-state index in [2.05, 4.69) is 0 Å². The Balaban J connectivity index is 1.95. The van der Waals surface area contributed by atoms with Gasteiger partial charge in [-0.15, -0.1) is 0 Å². The van der Waals surface area contributed by atoms with Crippen LogP contribution >= 0.6 is 0 Å². The monoisotopic (exact) mass is 470 g/mol. The van der Waals surface area contributed by atoms with E-state index in [0.717, 1.165) is 12.6 Å². The number of rotatable bonds is 8. The standard InChI is InChI=1S/C25H27FN2O6/c1-27(2)9-6-10-28-21(14-11-18(31-3)23(33-5)19(12-14)32-4)20-22(29)16-13-15(26)7-8-17(16)34-24(20)25(28)30/h7-8,11-13,21H,6,9-10H2,1-5H3. The van der Waals surface area contributed by atoms with Gasteiger partial charge in [-0.3, -0.25) is 9.59 Å². The van der Waals surface area contributed by atoms with Crippen LogP contribution in [0.3, 0.4) is 0 Å². The number of amides is 1. The molecule has 2 aromatic carbocycles. The van der Waals surface area contributed by atoms with Crippen LogP contribution in [0.25, 0.3) is 11.0 Å². The Morgan fingerprint density at radius 3 is 2.29 bits per heavy atom. The minimum Gasteiger partial charge on any atom is -0.493 e. The number of ether oxygens (including phenoxy) is 3. The SMILES string of the molecule is COc1cc(C2c3c(oc4ccc(F)cc4c3=O)C(=O)N2CCCN(C)C)cc(OC)c1OC. The molecule has 0 bridgehead atoms. The third kappa shape index (κ3) is 3.96. The number of hydrogen-bond donors (Lipinski definition) is 0. The van der Waals surface area contributed by atoms with Crippen LogP contribution in [-0.2, 0) is 0 Å². The van der Waals surface area contributed by atoms with Gasteiger partial charge in [0.05, 0.1) is 38.3 Å². The number of fused-ring (bicyclic) bond motifs is 2. The molecule has 1 aliphatic rings. The summed E-state index contributed by atoms with van der Waals surface area (Å²) in [5.41, 5.74) is 0.479. The maximum Gasteiger partial charge on any atom is 0.290 e. The molecule has 0 aliphatic carbocycles. The second-order valence-corrected chi connectivity index (χ2v) is 8.33. The number of carbonyl (C=O) groups is 1. The molecule has 0 fully saturated rings. The van der Waals surface area contributed by atoms with E-state index in [4.69, 9.17) is 18.6 Å². The molecule has 1 aromatic heterocycles. The summed E-state index contributed by atoms with van der Waals surface area (Å²) < 4.78 is 36.2. The van der Waals surface area contributed by atoms with Crippen molar-refractivity contribution in [2.75, 3.05) is 48.5 Å².